The molecule has 4 aromatic rings. The van der Waals surface area contributed by atoms with Crippen LogP contribution in [0.15, 0.2) is 62.7 Å². The van der Waals surface area contributed by atoms with Crippen molar-refractivity contribution < 1.29 is 21.7 Å². The van der Waals surface area contributed by atoms with Crippen LogP contribution in [0.5, 0.6) is 0 Å². The average molecular weight is 472 g/mol. The van der Waals surface area contributed by atoms with Crippen LogP contribution in [0.25, 0.3) is 16.9 Å². The molecule has 0 aliphatic heterocycles. The number of rotatable bonds is 5. The van der Waals surface area contributed by atoms with E-state index in [-0.39, 0.29) is 4.90 Å². The summed E-state index contributed by atoms with van der Waals surface area (Å²) in [5.74, 6) is -1.31. The summed E-state index contributed by atoms with van der Waals surface area (Å²) in [6, 6.07) is 9.77. The second-order valence-corrected chi connectivity index (χ2v) is 9.00. The summed E-state index contributed by atoms with van der Waals surface area (Å²) in [7, 11) is -4.27. The van der Waals surface area contributed by atoms with Crippen molar-refractivity contribution in [2.45, 2.75) is 25.7 Å². The molecule has 2 heterocycles. The summed E-state index contributed by atoms with van der Waals surface area (Å²) >= 11 is 0. The van der Waals surface area contributed by atoms with Crippen molar-refractivity contribution in [2.24, 2.45) is 0 Å². The Balaban J connectivity index is 1.79. The van der Waals surface area contributed by atoms with Gasteiger partial charge in [0.1, 0.15) is 23.0 Å². The molecule has 0 fully saturated rings. The van der Waals surface area contributed by atoms with Crippen LogP contribution >= 0.6 is 0 Å². The van der Waals surface area contributed by atoms with E-state index >= 15 is 0 Å². The normalized spacial score (nSPS) is 11.5. The van der Waals surface area contributed by atoms with Gasteiger partial charge in [-0.25, -0.2) is 17.2 Å². The molecule has 0 radical (unpaired) electrons. The molecule has 8 nitrogen and oxygen atoms in total. The van der Waals surface area contributed by atoms with Crippen molar-refractivity contribution in [3.05, 3.63) is 87.5 Å². The predicted octanol–water partition coefficient (Wildman–Crippen LogP) is 3.89. The lowest BCUT2D eigenvalue weighted by Gasteiger charge is -2.13. The molecule has 0 aliphatic carbocycles. The van der Waals surface area contributed by atoms with E-state index in [0.717, 1.165) is 22.9 Å². The monoisotopic (exact) mass is 472 g/mol. The summed E-state index contributed by atoms with van der Waals surface area (Å²) in [5, 5.41) is 8.18. The Morgan fingerprint density at radius 2 is 1.76 bits per heavy atom. The van der Waals surface area contributed by atoms with Crippen LogP contribution in [0, 0.1) is 32.4 Å². The molecule has 11 heteroatoms. The number of sulfonamides is 1. The van der Waals surface area contributed by atoms with Gasteiger partial charge in [0.05, 0.1) is 16.3 Å². The highest BCUT2D eigenvalue weighted by Gasteiger charge is 2.21. The van der Waals surface area contributed by atoms with Crippen molar-refractivity contribution in [3.63, 3.8) is 0 Å². The van der Waals surface area contributed by atoms with Gasteiger partial charge in [0.15, 0.2) is 5.76 Å². The van der Waals surface area contributed by atoms with Crippen LogP contribution in [0.4, 0.5) is 14.5 Å². The lowest BCUT2D eigenvalue weighted by Crippen LogP contribution is -2.21. The summed E-state index contributed by atoms with van der Waals surface area (Å²) in [4.78, 5) is 12.3. The van der Waals surface area contributed by atoms with Gasteiger partial charge in [-0.3, -0.25) is 9.52 Å². The highest BCUT2D eigenvalue weighted by atomic mass is 32.2. The van der Waals surface area contributed by atoms with Gasteiger partial charge in [-0.1, -0.05) is 17.3 Å². The maximum absolute atomic E-state index is 14.0. The molecule has 2 aromatic heterocycles. The van der Waals surface area contributed by atoms with Crippen molar-refractivity contribution >= 4 is 15.7 Å². The van der Waals surface area contributed by atoms with E-state index < -0.39 is 32.9 Å². The van der Waals surface area contributed by atoms with Gasteiger partial charge < -0.3 is 4.52 Å². The van der Waals surface area contributed by atoms with Crippen LogP contribution in [-0.4, -0.2) is 23.4 Å². The fraction of sp³-hybridized carbons (Fsp3) is 0.136. The minimum absolute atomic E-state index is 0.152. The Morgan fingerprint density at radius 3 is 2.45 bits per heavy atom. The van der Waals surface area contributed by atoms with Gasteiger partial charge in [0, 0.05) is 17.7 Å². The van der Waals surface area contributed by atoms with Gasteiger partial charge in [-0.15, -0.1) is 0 Å². The zero-order chi connectivity index (χ0) is 23.9. The Bertz CT molecular complexity index is 1520. The minimum Gasteiger partial charge on any atom is -0.359 e. The third-order valence-corrected chi connectivity index (χ3v) is 6.46. The number of nitrogens with one attached hydrogen (secondary N) is 1. The van der Waals surface area contributed by atoms with Crippen molar-refractivity contribution in [2.75, 3.05) is 4.72 Å². The molecule has 0 saturated heterocycles. The summed E-state index contributed by atoms with van der Waals surface area (Å²) < 4.78 is 61.7. The largest absolute Gasteiger partial charge is 0.359 e. The first kappa shape index (κ1) is 22.3. The summed E-state index contributed by atoms with van der Waals surface area (Å²) in [5.41, 5.74) is 1.00. The van der Waals surface area contributed by atoms with Crippen molar-refractivity contribution in [1.29, 1.82) is 0 Å². The number of aryl methyl sites for hydroxylation is 3. The van der Waals surface area contributed by atoms with Crippen LogP contribution in [0.3, 0.4) is 0 Å². The van der Waals surface area contributed by atoms with Crippen LogP contribution in [-0.2, 0) is 10.0 Å². The van der Waals surface area contributed by atoms with Crippen LogP contribution < -0.4 is 10.3 Å². The van der Waals surface area contributed by atoms with Gasteiger partial charge in [-0.2, -0.15) is 9.78 Å². The van der Waals surface area contributed by atoms with E-state index in [2.05, 4.69) is 15.0 Å². The molecule has 0 bridgehead atoms. The molecule has 33 heavy (non-hydrogen) atoms. The summed E-state index contributed by atoms with van der Waals surface area (Å²) in [6.45, 7) is 4.88. The van der Waals surface area contributed by atoms with Gasteiger partial charge in [-0.05, 0) is 50.6 Å². The average Bonchev–Trinajstić information content (AvgIpc) is 3.09. The zero-order valence-electron chi connectivity index (χ0n) is 17.8. The maximum Gasteiger partial charge on any atom is 0.271 e. The first-order valence-corrected chi connectivity index (χ1v) is 11.2. The Labute approximate surface area is 187 Å². The zero-order valence-corrected chi connectivity index (χ0v) is 18.6. The van der Waals surface area contributed by atoms with E-state index in [4.69, 9.17) is 4.52 Å². The van der Waals surface area contributed by atoms with E-state index in [1.165, 1.54) is 18.2 Å². The smallest absolute Gasteiger partial charge is 0.271 e. The van der Waals surface area contributed by atoms with Gasteiger partial charge in [0.25, 0.3) is 15.6 Å². The molecule has 2 aromatic carbocycles. The molecule has 0 saturated carbocycles. The van der Waals surface area contributed by atoms with E-state index in [1.54, 1.807) is 32.9 Å². The fourth-order valence-corrected chi connectivity index (χ4v) is 4.66. The quantitative estimate of drug-likeness (QED) is 0.472. The molecule has 170 valence electrons. The number of halogens is 2. The number of nitrogens with zero attached hydrogens (tertiary/aromatic N) is 3. The molecule has 0 amide bonds. The Hall–Kier alpha value is -3.86. The van der Waals surface area contributed by atoms with E-state index in [9.17, 15) is 22.0 Å². The molecule has 1 N–H and O–H groups in total. The molecule has 4 rings (SSSR count). The predicted molar refractivity (Wildman–Crippen MR) is 117 cm³/mol. The third kappa shape index (κ3) is 4.27. The van der Waals surface area contributed by atoms with Gasteiger partial charge >= 0.3 is 0 Å². The number of anilines is 1. The van der Waals surface area contributed by atoms with E-state index in [1.807, 2.05) is 0 Å². The third-order valence-electron chi connectivity index (χ3n) is 4.95. The van der Waals surface area contributed by atoms with E-state index in [0.29, 0.717) is 34.0 Å². The second-order valence-electron chi connectivity index (χ2n) is 7.35. The molecule has 0 aliphatic rings. The highest BCUT2D eigenvalue weighted by Crippen LogP contribution is 2.27. The first-order valence-electron chi connectivity index (χ1n) is 9.69. The van der Waals surface area contributed by atoms with Gasteiger partial charge in [0.2, 0.25) is 0 Å². The summed E-state index contributed by atoms with van der Waals surface area (Å²) in [6.07, 6.45) is 0. The standard InChI is InChI=1S/C22H18F2N4O4S/c1-12-4-5-15(10-20(12)33(30,31)27-19-11-16(23)6-7-17(19)24)18-8-9-21(29)28(25-18)22-13(2)26-32-14(22)3/h4-11,27H,1-3H3. The fourth-order valence-electron chi connectivity index (χ4n) is 3.33. The van der Waals surface area contributed by atoms with Crippen molar-refractivity contribution in [1.82, 2.24) is 14.9 Å². The topological polar surface area (TPSA) is 107 Å². The number of aromatic nitrogens is 3. The lowest BCUT2D eigenvalue weighted by atomic mass is 10.1. The number of hydrogen-bond donors (Lipinski definition) is 1. The Morgan fingerprint density at radius 1 is 1.00 bits per heavy atom. The molecule has 0 unspecified atom stereocenters. The maximum atomic E-state index is 14.0. The SMILES string of the molecule is Cc1ccc(-c2ccc(=O)n(-c3c(C)noc3C)n2)cc1S(=O)(=O)Nc1cc(F)ccc1F. The van der Waals surface area contributed by atoms with Crippen LogP contribution in [0.1, 0.15) is 17.0 Å². The Kier molecular flexibility index (Phi) is 5.58. The van der Waals surface area contributed by atoms with Crippen LogP contribution in [0.2, 0.25) is 0 Å². The second kappa shape index (κ2) is 8.24. The molecular weight excluding hydrogens is 454 g/mol. The number of benzene rings is 2. The minimum atomic E-state index is -4.27. The molecule has 0 atom stereocenters. The van der Waals surface area contributed by atoms with Crippen molar-refractivity contribution in [3.8, 4) is 16.9 Å². The molecule has 0 spiro atoms. The highest BCUT2D eigenvalue weighted by molar-refractivity contribution is 7.92. The molecular formula is C22H18F2N4O4S. The first-order chi connectivity index (χ1) is 15.6. The lowest BCUT2D eigenvalue weighted by molar-refractivity contribution is 0.392. The number of hydrogen-bond acceptors (Lipinski definition) is 6.